The van der Waals surface area contributed by atoms with Gasteiger partial charge in [0.2, 0.25) is 0 Å². The Balaban J connectivity index is 2.45. The van der Waals surface area contributed by atoms with E-state index in [1.165, 1.54) is 22.9 Å². The lowest BCUT2D eigenvalue weighted by Crippen LogP contribution is -2.05. The summed E-state index contributed by atoms with van der Waals surface area (Å²) in [4.78, 5) is 0. The molecule has 0 aliphatic carbocycles. The molecule has 86 valence electrons. The molecule has 2 N–H and O–H groups in total. The summed E-state index contributed by atoms with van der Waals surface area (Å²) in [5.41, 5.74) is 8.34. The van der Waals surface area contributed by atoms with Crippen LogP contribution in [0.1, 0.15) is 25.8 Å². The van der Waals surface area contributed by atoms with Crippen molar-refractivity contribution in [2.45, 2.75) is 33.4 Å². The summed E-state index contributed by atoms with van der Waals surface area (Å²) in [5.74, 6) is 0.710. The van der Waals surface area contributed by atoms with Gasteiger partial charge in [0.05, 0.1) is 0 Å². The van der Waals surface area contributed by atoms with E-state index in [1.54, 1.807) is 0 Å². The number of benzene rings is 1. The predicted octanol–water partition coefficient (Wildman–Crippen LogP) is 3.15. The Morgan fingerprint density at radius 3 is 2.75 bits per heavy atom. The van der Waals surface area contributed by atoms with Gasteiger partial charge in [0.1, 0.15) is 0 Å². The number of aromatic nitrogens is 1. The van der Waals surface area contributed by atoms with Gasteiger partial charge in [0.25, 0.3) is 0 Å². The monoisotopic (exact) mass is 216 g/mol. The quantitative estimate of drug-likeness (QED) is 0.836. The van der Waals surface area contributed by atoms with Gasteiger partial charge in [-0.05, 0) is 17.5 Å². The minimum atomic E-state index is 0.619. The van der Waals surface area contributed by atoms with Crippen molar-refractivity contribution in [2.24, 2.45) is 11.7 Å². The van der Waals surface area contributed by atoms with E-state index >= 15 is 0 Å². The molecule has 1 heterocycles. The molecular formula is C14H20N2. The van der Waals surface area contributed by atoms with Gasteiger partial charge in [0.15, 0.2) is 0 Å². The fraction of sp³-hybridized carbons (Fsp3) is 0.429. The van der Waals surface area contributed by atoms with Gasteiger partial charge >= 0.3 is 0 Å². The van der Waals surface area contributed by atoms with Crippen LogP contribution in [0.5, 0.6) is 0 Å². The summed E-state index contributed by atoms with van der Waals surface area (Å²) in [7, 11) is 0. The lowest BCUT2D eigenvalue weighted by molar-refractivity contribution is 0.477. The number of nitrogens with two attached hydrogens (primary N) is 1. The van der Waals surface area contributed by atoms with Crippen LogP contribution in [-0.4, -0.2) is 4.57 Å². The smallest absolute Gasteiger partial charge is 0.0483 e. The molecule has 2 nitrogen and oxygen atoms in total. The van der Waals surface area contributed by atoms with Gasteiger partial charge in [0, 0.05) is 30.2 Å². The molecule has 0 fully saturated rings. The second kappa shape index (κ2) is 4.71. The van der Waals surface area contributed by atoms with E-state index < -0.39 is 0 Å². The topological polar surface area (TPSA) is 30.9 Å². The lowest BCUT2D eigenvalue weighted by atomic mass is 10.1. The molecular weight excluding hydrogens is 196 g/mol. The Bertz CT molecular complexity index is 471. The second-order valence-electron chi connectivity index (χ2n) is 4.54. The largest absolute Gasteiger partial charge is 0.347 e. The highest BCUT2D eigenvalue weighted by atomic mass is 15.0. The Morgan fingerprint density at radius 2 is 2.06 bits per heavy atom. The van der Waals surface area contributed by atoms with Crippen LogP contribution in [0.2, 0.25) is 0 Å². The molecule has 0 bridgehead atoms. The molecule has 0 radical (unpaired) electrons. The molecule has 0 aliphatic rings. The number of rotatable bonds is 4. The summed E-state index contributed by atoms with van der Waals surface area (Å²) in [6.45, 7) is 6.22. The summed E-state index contributed by atoms with van der Waals surface area (Å²) in [5, 5.41) is 1.30. The van der Waals surface area contributed by atoms with Crippen molar-refractivity contribution in [3.8, 4) is 0 Å². The van der Waals surface area contributed by atoms with Crippen LogP contribution >= 0.6 is 0 Å². The zero-order valence-corrected chi connectivity index (χ0v) is 10.1. The molecule has 16 heavy (non-hydrogen) atoms. The van der Waals surface area contributed by atoms with Crippen molar-refractivity contribution in [3.63, 3.8) is 0 Å². The van der Waals surface area contributed by atoms with E-state index in [-0.39, 0.29) is 0 Å². The van der Waals surface area contributed by atoms with Crippen molar-refractivity contribution < 1.29 is 0 Å². The number of para-hydroxylation sites is 1. The number of hydrogen-bond donors (Lipinski definition) is 1. The van der Waals surface area contributed by atoms with Crippen LogP contribution in [0.4, 0.5) is 0 Å². The van der Waals surface area contributed by atoms with Crippen molar-refractivity contribution in [3.05, 3.63) is 36.0 Å². The molecule has 1 unspecified atom stereocenters. The highest BCUT2D eigenvalue weighted by Crippen LogP contribution is 2.22. The van der Waals surface area contributed by atoms with Crippen LogP contribution in [0, 0.1) is 5.92 Å². The first-order chi connectivity index (χ1) is 7.76. The Morgan fingerprint density at radius 1 is 1.31 bits per heavy atom. The molecule has 1 aromatic carbocycles. The highest BCUT2D eigenvalue weighted by Gasteiger charge is 2.08. The fourth-order valence-corrected chi connectivity index (χ4v) is 2.10. The summed E-state index contributed by atoms with van der Waals surface area (Å²) < 4.78 is 2.34. The third-order valence-electron chi connectivity index (χ3n) is 3.30. The predicted molar refractivity (Wildman–Crippen MR) is 69.3 cm³/mol. The third kappa shape index (κ3) is 1.98. The lowest BCUT2D eigenvalue weighted by Gasteiger charge is -2.10. The summed E-state index contributed by atoms with van der Waals surface area (Å²) in [6.07, 6.45) is 3.42. The first kappa shape index (κ1) is 11.2. The summed E-state index contributed by atoms with van der Waals surface area (Å²) >= 11 is 0. The van der Waals surface area contributed by atoms with E-state index in [9.17, 15) is 0 Å². The maximum Gasteiger partial charge on any atom is 0.0483 e. The number of fused-ring (bicyclic) bond motifs is 1. The fourth-order valence-electron chi connectivity index (χ4n) is 2.10. The molecule has 0 saturated carbocycles. The molecule has 0 amide bonds. The average molecular weight is 216 g/mol. The second-order valence-corrected chi connectivity index (χ2v) is 4.54. The van der Waals surface area contributed by atoms with E-state index in [4.69, 9.17) is 5.73 Å². The molecule has 2 rings (SSSR count). The van der Waals surface area contributed by atoms with Gasteiger partial charge in [-0.15, -0.1) is 0 Å². The van der Waals surface area contributed by atoms with Gasteiger partial charge in [-0.25, -0.2) is 0 Å². The number of hydrogen-bond acceptors (Lipinski definition) is 1. The van der Waals surface area contributed by atoms with Gasteiger partial charge < -0.3 is 10.3 Å². The van der Waals surface area contributed by atoms with Gasteiger partial charge in [-0.2, -0.15) is 0 Å². The van der Waals surface area contributed by atoms with Crippen molar-refractivity contribution >= 4 is 10.9 Å². The van der Waals surface area contributed by atoms with E-state index in [0.29, 0.717) is 12.5 Å². The zero-order valence-electron chi connectivity index (χ0n) is 10.1. The maximum absolute atomic E-state index is 5.78. The standard InChI is InChI=1S/C14H20N2/c1-3-11(2)9-16-10-12(8-15)13-6-4-5-7-14(13)16/h4-7,10-11H,3,8-9,15H2,1-2H3. The van der Waals surface area contributed by atoms with E-state index in [1.807, 2.05) is 0 Å². The first-order valence-corrected chi connectivity index (χ1v) is 6.03. The third-order valence-corrected chi connectivity index (χ3v) is 3.30. The minimum absolute atomic E-state index is 0.619. The zero-order chi connectivity index (χ0) is 11.5. The van der Waals surface area contributed by atoms with Gasteiger partial charge in [-0.1, -0.05) is 38.5 Å². The average Bonchev–Trinajstić information content (AvgIpc) is 2.68. The Hall–Kier alpha value is -1.28. The Kier molecular flexibility index (Phi) is 3.30. The molecule has 1 aromatic heterocycles. The van der Waals surface area contributed by atoms with Crippen molar-refractivity contribution in [1.29, 1.82) is 0 Å². The first-order valence-electron chi connectivity index (χ1n) is 6.03. The molecule has 1 atom stereocenters. The van der Waals surface area contributed by atoms with Gasteiger partial charge in [-0.3, -0.25) is 0 Å². The molecule has 2 aromatic rings. The van der Waals surface area contributed by atoms with Crippen LogP contribution < -0.4 is 5.73 Å². The maximum atomic E-state index is 5.78. The molecule has 0 saturated heterocycles. The van der Waals surface area contributed by atoms with Crippen molar-refractivity contribution in [1.82, 2.24) is 4.57 Å². The minimum Gasteiger partial charge on any atom is -0.347 e. The van der Waals surface area contributed by atoms with E-state index in [2.05, 4.69) is 48.9 Å². The van der Waals surface area contributed by atoms with E-state index in [0.717, 1.165) is 6.54 Å². The normalized spacial score (nSPS) is 13.2. The van der Waals surface area contributed by atoms with Crippen LogP contribution in [0.3, 0.4) is 0 Å². The van der Waals surface area contributed by atoms with Crippen LogP contribution in [0.25, 0.3) is 10.9 Å². The number of nitrogens with zero attached hydrogens (tertiary/aromatic N) is 1. The highest BCUT2D eigenvalue weighted by molar-refractivity contribution is 5.83. The van der Waals surface area contributed by atoms with Crippen LogP contribution in [0.15, 0.2) is 30.5 Å². The SMILES string of the molecule is CCC(C)Cn1cc(CN)c2ccccc21. The molecule has 0 spiro atoms. The molecule has 0 aliphatic heterocycles. The molecule has 2 heteroatoms. The Labute approximate surface area is 97.1 Å². The van der Waals surface area contributed by atoms with Crippen molar-refractivity contribution in [2.75, 3.05) is 0 Å². The van der Waals surface area contributed by atoms with Crippen LogP contribution in [-0.2, 0) is 13.1 Å². The summed E-state index contributed by atoms with van der Waals surface area (Å²) in [6, 6.07) is 8.51.